The zero-order valence-electron chi connectivity index (χ0n) is 15.4. The van der Waals surface area contributed by atoms with Crippen LogP contribution in [0.4, 0.5) is 17.2 Å². The minimum atomic E-state index is -0.483. The Hall–Kier alpha value is -3.89. The summed E-state index contributed by atoms with van der Waals surface area (Å²) < 4.78 is 1.53. The van der Waals surface area contributed by atoms with Crippen molar-refractivity contribution in [3.8, 4) is 5.82 Å². The number of piperidine rings is 1. The molecule has 3 heterocycles. The van der Waals surface area contributed by atoms with Crippen LogP contribution in [0.2, 0.25) is 0 Å². The lowest BCUT2D eigenvalue weighted by atomic mass is 9.96. The van der Waals surface area contributed by atoms with E-state index >= 15 is 0 Å². The molecule has 1 fully saturated rings. The molecular weight excluding hydrogens is 376 g/mol. The van der Waals surface area contributed by atoms with Crippen LogP contribution in [-0.4, -0.2) is 48.9 Å². The zero-order valence-corrected chi connectivity index (χ0v) is 15.4. The van der Waals surface area contributed by atoms with Crippen molar-refractivity contribution in [3.63, 3.8) is 0 Å². The lowest BCUT2D eigenvalue weighted by Gasteiger charge is -2.31. The minimum Gasteiger partial charge on any atom is -0.355 e. The van der Waals surface area contributed by atoms with Crippen molar-refractivity contribution < 1.29 is 9.72 Å². The number of carbonyl (C=O) groups excluding carboxylic acids is 1. The largest absolute Gasteiger partial charge is 0.355 e. The van der Waals surface area contributed by atoms with E-state index in [0.717, 1.165) is 5.82 Å². The molecule has 0 bridgehead atoms. The summed E-state index contributed by atoms with van der Waals surface area (Å²) in [4.78, 5) is 28.9. The predicted molar refractivity (Wildman–Crippen MR) is 104 cm³/mol. The van der Waals surface area contributed by atoms with Crippen molar-refractivity contribution in [2.45, 2.75) is 12.8 Å². The number of nitro benzene ring substituents is 1. The highest BCUT2D eigenvalue weighted by Crippen LogP contribution is 2.24. The summed E-state index contributed by atoms with van der Waals surface area (Å²) in [6.07, 6.45) is 4.30. The number of hydrogen-bond acceptors (Lipinski definition) is 8. The lowest BCUT2D eigenvalue weighted by Crippen LogP contribution is -2.38. The van der Waals surface area contributed by atoms with Gasteiger partial charge in [0.2, 0.25) is 5.91 Å². The van der Waals surface area contributed by atoms with E-state index in [1.165, 1.54) is 23.1 Å². The summed E-state index contributed by atoms with van der Waals surface area (Å²) in [5, 5.41) is 26.1. The molecule has 4 rings (SSSR count). The Morgan fingerprint density at radius 1 is 1.14 bits per heavy atom. The first-order chi connectivity index (χ1) is 14.1. The molecule has 11 nitrogen and oxygen atoms in total. The average Bonchev–Trinajstić information content (AvgIpc) is 3.29. The number of aromatic nitrogens is 5. The van der Waals surface area contributed by atoms with Gasteiger partial charge in [-0.1, -0.05) is 6.07 Å². The van der Waals surface area contributed by atoms with Crippen LogP contribution in [0.3, 0.4) is 0 Å². The van der Waals surface area contributed by atoms with Gasteiger partial charge in [0, 0.05) is 36.8 Å². The molecule has 2 aromatic heterocycles. The Morgan fingerprint density at radius 3 is 2.55 bits per heavy atom. The predicted octanol–water partition coefficient (Wildman–Crippen LogP) is 1.82. The molecule has 3 aromatic rings. The van der Waals surface area contributed by atoms with Crippen LogP contribution in [0.15, 0.2) is 49.1 Å². The minimum absolute atomic E-state index is 0.0504. The van der Waals surface area contributed by atoms with Gasteiger partial charge < -0.3 is 10.2 Å². The zero-order chi connectivity index (χ0) is 20.2. The van der Waals surface area contributed by atoms with Crippen LogP contribution in [0.5, 0.6) is 0 Å². The Balaban J connectivity index is 1.33. The molecule has 148 valence electrons. The summed E-state index contributed by atoms with van der Waals surface area (Å²) in [5.41, 5.74) is 0.381. The van der Waals surface area contributed by atoms with Crippen LogP contribution < -0.4 is 10.2 Å². The summed E-state index contributed by atoms with van der Waals surface area (Å²) >= 11 is 0. The molecule has 1 aliphatic heterocycles. The number of carbonyl (C=O) groups is 1. The quantitative estimate of drug-likeness (QED) is 0.512. The van der Waals surface area contributed by atoms with E-state index in [9.17, 15) is 14.9 Å². The number of hydrogen-bond donors (Lipinski definition) is 1. The fourth-order valence-corrected chi connectivity index (χ4v) is 3.25. The maximum Gasteiger partial charge on any atom is 0.271 e. The normalized spacial score (nSPS) is 14.6. The van der Waals surface area contributed by atoms with Gasteiger partial charge in [0.15, 0.2) is 11.6 Å². The Morgan fingerprint density at radius 2 is 1.90 bits per heavy atom. The Kier molecular flexibility index (Phi) is 5.10. The van der Waals surface area contributed by atoms with Gasteiger partial charge in [-0.3, -0.25) is 14.9 Å². The van der Waals surface area contributed by atoms with Gasteiger partial charge in [0.1, 0.15) is 12.7 Å². The van der Waals surface area contributed by atoms with E-state index in [2.05, 4.69) is 30.5 Å². The highest BCUT2D eigenvalue weighted by molar-refractivity contribution is 5.93. The first-order valence-electron chi connectivity index (χ1n) is 9.09. The molecule has 1 aromatic carbocycles. The molecule has 0 spiro atoms. The van der Waals surface area contributed by atoms with Gasteiger partial charge in [-0.25, -0.2) is 9.67 Å². The molecule has 1 amide bonds. The van der Waals surface area contributed by atoms with E-state index in [-0.39, 0.29) is 17.5 Å². The summed E-state index contributed by atoms with van der Waals surface area (Å²) in [6, 6.07) is 9.64. The molecule has 0 unspecified atom stereocenters. The molecular formula is C18H18N8O3. The molecule has 1 aliphatic rings. The number of amides is 1. The van der Waals surface area contributed by atoms with Crippen molar-refractivity contribution in [2.75, 3.05) is 23.3 Å². The number of nitrogens with one attached hydrogen (secondary N) is 1. The lowest BCUT2D eigenvalue weighted by molar-refractivity contribution is -0.384. The van der Waals surface area contributed by atoms with Crippen LogP contribution >= 0.6 is 0 Å². The smallest absolute Gasteiger partial charge is 0.271 e. The number of nitrogens with zero attached hydrogens (tertiary/aromatic N) is 7. The number of benzene rings is 1. The molecule has 11 heteroatoms. The van der Waals surface area contributed by atoms with Crippen molar-refractivity contribution in [1.29, 1.82) is 0 Å². The molecule has 0 saturated carbocycles. The maximum absolute atomic E-state index is 12.5. The van der Waals surface area contributed by atoms with Gasteiger partial charge in [0.25, 0.3) is 5.69 Å². The van der Waals surface area contributed by atoms with Crippen molar-refractivity contribution in [3.05, 3.63) is 59.2 Å². The molecule has 0 aliphatic carbocycles. The summed E-state index contributed by atoms with van der Waals surface area (Å²) in [7, 11) is 0. The summed E-state index contributed by atoms with van der Waals surface area (Å²) in [5.74, 6) is 1.04. The third-order valence-corrected chi connectivity index (χ3v) is 4.80. The third-order valence-electron chi connectivity index (χ3n) is 4.80. The fraction of sp³-hybridized carbons (Fsp3) is 0.278. The van der Waals surface area contributed by atoms with Crippen molar-refractivity contribution >= 4 is 23.1 Å². The topological polar surface area (TPSA) is 132 Å². The van der Waals surface area contributed by atoms with Gasteiger partial charge in [-0.15, -0.1) is 10.2 Å². The fourth-order valence-electron chi connectivity index (χ4n) is 3.25. The summed E-state index contributed by atoms with van der Waals surface area (Å²) in [6.45, 7) is 1.34. The highest BCUT2D eigenvalue weighted by Gasteiger charge is 2.26. The Labute approximate surface area is 165 Å². The first-order valence-corrected chi connectivity index (χ1v) is 9.09. The van der Waals surface area contributed by atoms with E-state index in [0.29, 0.717) is 37.4 Å². The van der Waals surface area contributed by atoms with Crippen LogP contribution in [0.25, 0.3) is 5.82 Å². The van der Waals surface area contributed by atoms with Crippen molar-refractivity contribution in [2.24, 2.45) is 5.92 Å². The molecule has 1 saturated heterocycles. The Bertz CT molecular complexity index is 998. The first kappa shape index (κ1) is 18.5. The molecule has 1 N–H and O–H groups in total. The van der Waals surface area contributed by atoms with Gasteiger partial charge in [-0.05, 0) is 31.0 Å². The number of nitro groups is 1. The highest BCUT2D eigenvalue weighted by atomic mass is 16.6. The SMILES string of the molecule is O=C(Nc1cccc([N+](=O)[O-])c1)C1CCN(c2ccc(-n3cncn3)nn2)CC1. The van der Waals surface area contributed by atoms with E-state index in [4.69, 9.17) is 0 Å². The van der Waals surface area contributed by atoms with Crippen LogP contribution in [-0.2, 0) is 4.79 Å². The van der Waals surface area contributed by atoms with E-state index < -0.39 is 4.92 Å². The third kappa shape index (κ3) is 4.18. The van der Waals surface area contributed by atoms with Gasteiger partial charge in [0.05, 0.1) is 4.92 Å². The van der Waals surface area contributed by atoms with E-state index in [1.54, 1.807) is 18.5 Å². The van der Waals surface area contributed by atoms with Gasteiger partial charge in [-0.2, -0.15) is 5.10 Å². The van der Waals surface area contributed by atoms with Crippen molar-refractivity contribution in [1.82, 2.24) is 25.0 Å². The molecule has 0 radical (unpaired) electrons. The second-order valence-electron chi connectivity index (χ2n) is 6.65. The molecule has 29 heavy (non-hydrogen) atoms. The second kappa shape index (κ2) is 8.00. The number of anilines is 2. The van der Waals surface area contributed by atoms with Crippen LogP contribution in [0, 0.1) is 16.0 Å². The monoisotopic (exact) mass is 394 g/mol. The maximum atomic E-state index is 12.5. The van der Waals surface area contributed by atoms with Crippen LogP contribution in [0.1, 0.15) is 12.8 Å². The molecule has 0 atom stereocenters. The number of rotatable bonds is 5. The van der Waals surface area contributed by atoms with Gasteiger partial charge >= 0.3 is 0 Å². The standard InChI is InChI=1S/C18H18N8O3/c27-18(21-14-2-1-3-15(10-14)26(28)29)13-6-8-24(9-7-13)16-4-5-17(23-22-16)25-12-19-11-20-25/h1-5,10-13H,6-9H2,(H,21,27). The van der Waals surface area contributed by atoms with E-state index in [1.807, 2.05) is 12.1 Å². The average molecular weight is 394 g/mol. The number of non-ortho nitro benzene ring substituents is 1. The second-order valence-corrected chi connectivity index (χ2v) is 6.65.